The fraction of sp³-hybridized carbons (Fsp3) is 0.0526. The quantitative estimate of drug-likeness (QED) is 0.579. The van der Waals surface area contributed by atoms with Gasteiger partial charge >= 0.3 is 0 Å². The normalized spacial score (nSPS) is 11.0. The predicted molar refractivity (Wildman–Crippen MR) is 100 cm³/mol. The summed E-state index contributed by atoms with van der Waals surface area (Å²) in [7, 11) is 1.62. The van der Waals surface area contributed by atoms with Crippen molar-refractivity contribution in [3.8, 4) is 22.6 Å². The van der Waals surface area contributed by atoms with E-state index in [9.17, 15) is 4.39 Å². The number of fused-ring (bicyclic) bond motifs is 1. The second kappa shape index (κ2) is 6.31. The fourth-order valence-corrected chi connectivity index (χ4v) is 3.08. The van der Waals surface area contributed by atoms with E-state index in [0.29, 0.717) is 17.2 Å². The van der Waals surface area contributed by atoms with Gasteiger partial charge in [0.25, 0.3) is 0 Å². The van der Waals surface area contributed by atoms with Gasteiger partial charge in [-0.3, -0.25) is 0 Å². The van der Waals surface area contributed by atoms with Gasteiger partial charge in [0.05, 0.1) is 17.5 Å². The van der Waals surface area contributed by atoms with Crippen LogP contribution in [0.25, 0.3) is 27.8 Å². The lowest BCUT2D eigenvalue weighted by Crippen LogP contribution is -1.97. The van der Waals surface area contributed by atoms with Crippen LogP contribution in [0, 0.1) is 5.82 Å². The second-order valence-electron chi connectivity index (χ2n) is 5.70. The molecule has 0 aliphatic rings. The van der Waals surface area contributed by atoms with E-state index in [0.717, 1.165) is 22.3 Å². The number of anilines is 1. The number of hydrogen-bond donors (Lipinski definition) is 1. The molecule has 0 spiro atoms. The topological polar surface area (TPSA) is 66.0 Å². The van der Waals surface area contributed by atoms with Gasteiger partial charge in [0, 0.05) is 17.4 Å². The van der Waals surface area contributed by atoms with E-state index in [-0.39, 0.29) is 5.02 Å². The molecule has 5 nitrogen and oxygen atoms in total. The first-order valence-electron chi connectivity index (χ1n) is 7.80. The van der Waals surface area contributed by atoms with Gasteiger partial charge in [0.2, 0.25) is 0 Å². The molecule has 0 unspecified atom stereocenters. The number of halogens is 2. The van der Waals surface area contributed by atoms with Crippen molar-refractivity contribution in [3.63, 3.8) is 0 Å². The third-order valence-corrected chi connectivity index (χ3v) is 4.48. The van der Waals surface area contributed by atoms with E-state index >= 15 is 0 Å². The first kappa shape index (κ1) is 16.4. The Morgan fingerprint density at radius 3 is 2.58 bits per heavy atom. The highest BCUT2D eigenvalue weighted by molar-refractivity contribution is 6.30. The van der Waals surface area contributed by atoms with Crippen molar-refractivity contribution in [2.75, 3.05) is 12.8 Å². The van der Waals surface area contributed by atoms with Crippen molar-refractivity contribution in [3.05, 3.63) is 65.8 Å². The zero-order valence-corrected chi connectivity index (χ0v) is 14.5. The van der Waals surface area contributed by atoms with Gasteiger partial charge in [-0.15, -0.1) is 0 Å². The minimum Gasteiger partial charge on any atom is -0.497 e. The summed E-state index contributed by atoms with van der Waals surface area (Å²) in [5.41, 5.74) is 9.21. The molecule has 2 aromatic heterocycles. The Morgan fingerprint density at radius 1 is 1.12 bits per heavy atom. The summed E-state index contributed by atoms with van der Waals surface area (Å²) in [6, 6.07) is 12.1. The largest absolute Gasteiger partial charge is 0.497 e. The van der Waals surface area contributed by atoms with Crippen LogP contribution >= 0.6 is 11.6 Å². The van der Waals surface area contributed by atoms with Crippen molar-refractivity contribution in [2.24, 2.45) is 0 Å². The number of nitrogen functional groups attached to an aromatic ring is 1. The van der Waals surface area contributed by atoms with Crippen LogP contribution in [0.15, 0.2) is 55.0 Å². The van der Waals surface area contributed by atoms with Crippen molar-refractivity contribution < 1.29 is 9.13 Å². The molecule has 0 bridgehead atoms. The van der Waals surface area contributed by atoms with E-state index in [1.165, 1.54) is 12.4 Å². The monoisotopic (exact) mass is 368 g/mol. The highest BCUT2D eigenvalue weighted by Crippen LogP contribution is 2.35. The maximum absolute atomic E-state index is 13.5. The molecule has 0 saturated carbocycles. The summed E-state index contributed by atoms with van der Waals surface area (Å²) in [5, 5.41) is 0.760. The summed E-state index contributed by atoms with van der Waals surface area (Å²) < 4.78 is 20.6. The maximum atomic E-state index is 13.5. The van der Waals surface area contributed by atoms with E-state index in [2.05, 4.69) is 9.97 Å². The molecule has 2 aromatic carbocycles. The Kier molecular flexibility index (Phi) is 3.97. The summed E-state index contributed by atoms with van der Waals surface area (Å²) in [4.78, 5) is 8.47. The number of nitrogens with two attached hydrogens (primary N) is 1. The average Bonchev–Trinajstić information content (AvgIpc) is 3.05. The molecule has 7 heteroatoms. The lowest BCUT2D eigenvalue weighted by molar-refractivity contribution is 0.415. The van der Waals surface area contributed by atoms with Crippen LogP contribution < -0.4 is 10.5 Å². The van der Waals surface area contributed by atoms with Gasteiger partial charge in [-0.25, -0.2) is 14.4 Å². The minimum atomic E-state index is -0.476. The molecule has 0 aliphatic carbocycles. The van der Waals surface area contributed by atoms with Crippen molar-refractivity contribution in [1.82, 2.24) is 14.5 Å². The number of aromatic nitrogens is 3. The lowest BCUT2D eigenvalue weighted by Gasteiger charge is -2.05. The average molecular weight is 369 g/mol. The van der Waals surface area contributed by atoms with Crippen molar-refractivity contribution in [2.45, 2.75) is 0 Å². The summed E-state index contributed by atoms with van der Waals surface area (Å²) in [6.07, 6.45) is 3.29. The van der Waals surface area contributed by atoms with Gasteiger partial charge < -0.3 is 15.0 Å². The van der Waals surface area contributed by atoms with Crippen molar-refractivity contribution in [1.29, 1.82) is 0 Å². The summed E-state index contributed by atoms with van der Waals surface area (Å²) in [5.74, 6) is 0.649. The standard InChI is InChI=1S/C19H14ClFN4O/c1-26-13-5-2-11(3-6-13)14-9-25(12-4-7-16(21)15(20)8-12)19-17(14)18(22)23-10-24-19/h2-10H,1H3,(H2,22,23,24). The highest BCUT2D eigenvalue weighted by atomic mass is 35.5. The number of nitrogens with zero attached hydrogens (tertiary/aromatic N) is 3. The molecule has 26 heavy (non-hydrogen) atoms. The Morgan fingerprint density at radius 2 is 1.88 bits per heavy atom. The molecule has 4 aromatic rings. The molecule has 0 amide bonds. The molecule has 4 rings (SSSR count). The van der Waals surface area contributed by atoms with Crippen LogP contribution in [0.4, 0.5) is 10.2 Å². The summed E-state index contributed by atoms with van der Waals surface area (Å²) in [6.45, 7) is 0. The summed E-state index contributed by atoms with van der Waals surface area (Å²) >= 11 is 5.94. The smallest absolute Gasteiger partial charge is 0.150 e. The second-order valence-corrected chi connectivity index (χ2v) is 6.10. The molecular formula is C19H14ClFN4O. The third-order valence-electron chi connectivity index (χ3n) is 4.19. The Labute approximate surface area is 153 Å². The van der Waals surface area contributed by atoms with Gasteiger partial charge in [-0.05, 0) is 35.9 Å². The van der Waals surface area contributed by atoms with Crippen LogP contribution in [0.5, 0.6) is 5.75 Å². The molecule has 0 aliphatic heterocycles. The number of methoxy groups -OCH3 is 1. The zero-order valence-electron chi connectivity index (χ0n) is 13.8. The van der Waals surface area contributed by atoms with Crippen molar-refractivity contribution >= 4 is 28.5 Å². The Balaban J connectivity index is 1.97. The van der Waals surface area contributed by atoms with Gasteiger partial charge in [-0.1, -0.05) is 23.7 Å². The third kappa shape index (κ3) is 2.64. The molecule has 0 saturated heterocycles. The van der Waals surface area contributed by atoms with E-state index < -0.39 is 5.82 Å². The molecule has 0 radical (unpaired) electrons. The van der Waals surface area contributed by atoms with Crippen LogP contribution in [0.3, 0.4) is 0 Å². The highest BCUT2D eigenvalue weighted by Gasteiger charge is 2.16. The molecular weight excluding hydrogens is 355 g/mol. The zero-order chi connectivity index (χ0) is 18.3. The number of ether oxygens (including phenoxy) is 1. The van der Waals surface area contributed by atoms with E-state index in [4.69, 9.17) is 22.1 Å². The number of hydrogen-bond acceptors (Lipinski definition) is 4. The van der Waals surface area contributed by atoms with E-state index in [1.807, 2.05) is 35.0 Å². The Hall–Kier alpha value is -3.12. The van der Waals surface area contributed by atoms with Crippen LogP contribution in [0.1, 0.15) is 0 Å². The molecule has 0 fully saturated rings. The number of benzene rings is 2. The van der Waals surface area contributed by atoms with Gasteiger partial charge in [-0.2, -0.15) is 0 Å². The van der Waals surface area contributed by atoms with Crippen LogP contribution in [0.2, 0.25) is 5.02 Å². The number of rotatable bonds is 3. The van der Waals surface area contributed by atoms with Gasteiger partial charge in [0.1, 0.15) is 23.7 Å². The van der Waals surface area contributed by atoms with E-state index in [1.54, 1.807) is 19.2 Å². The SMILES string of the molecule is COc1ccc(-c2cn(-c3ccc(F)c(Cl)c3)c3ncnc(N)c23)cc1. The van der Waals surface area contributed by atoms with Crippen LogP contribution in [-0.2, 0) is 0 Å². The molecule has 2 heterocycles. The first-order valence-corrected chi connectivity index (χ1v) is 8.17. The lowest BCUT2D eigenvalue weighted by atomic mass is 10.1. The molecule has 130 valence electrons. The van der Waals surface area contributed by atoms with Crippen LogP contribution in [-0.4, -0.2) is 21.6 Å². The molecule has 2 N–H and O–H groups in total. The predicted octanol–water partition coefficient (Wildman–Crippen LogP) is 4.47. The fourth-order valence-electron chi connectivity index (χ4n) is 2.91. The first-order chi connectivity index (χ1) is 12.6. The molecule has 0 atom stereocenters. The van der Waals surface area contributed by atoms with Gasteiger partial charge in [0.15, 0.2) is 5.65 Å². The maximum Gasteiger partial charge on any atom is 0.150 e. The Bertz CT molecular complexity index is 1110. The minimum absolute atomic E-state index is 0.0392.